The average Bonchev–Trinajstić information content (AvgIpc) is 2.86. The van der Waals surface area contributed by atoms with Crippen LogP contribution >= 0.6 is 23.4 Å². The van der Waals surface area contributed by atoms with Gasteiger partial charge in [0.1, 0.15) is 5.82 Å². The van der Waals surface area contributed by atoms with Crippen molar-refractivity contribution < 1.29 is 0 Å². The second-order valence-electron chi connectivity index (χ2n) is 5.09. The number of halogens is 1. The smallest absolute Gasteiger partial charge is 0.224 e. The SMILES string of the molecule is CCSC1CCC(Nc2nc(Cl)nc3ccccc23)C1. The number of nitrogens with one attached hydrogen (secondary N) is 1. The van der Waals surface area contributed by atoms with E-state index in [1.807, 2.05) is 24.3 Å². The van der Waals surface area contributed by atoms with Crippen molar-refractivity contribution in [2.45, 2.75) is 37.5 Å². The van der Waals surface area contributed by atoms with Gasteiger partial charge in [-0.15, -0.1) is 0 Å². The maximum absolute atomic E-state index is 6.02. The number of hydrogen-bond acceptors (Lipinski definition) is 4. The number of rotatable bonds is 4. The number of aromatic nitrogens is 2. The highest BCUT2D eigenvalue weighted by Crippen LogP contribution is 2.32. The van der Waals surface area contributed by atoms with Crippen molar-refractivity contribution in [2.75, 3.05) is 11.1 Å². The fraction of sp³-hybridized carbons (Fsp3) is 0.467. The van der Waals surface area contributed by atoms with Crippen LogP contribution in [0.1, 0.15) is 26.2 Å². The van der Waals surface area contributed by atoms with Crippen molar-refractivity contribution in [3.05, 3.63) is 29.5 Å². The predicted octanol–water partition coefficient (Wildman–Crippen LogP) is 4.37. The fourth-order valence-corrected chi connectivity index (χ4v) is 4.13. The van der Waals surface area contributed by atoms with Crippen LogP contribution in [0.2, 0.25) is 5.28 Å². The molecule has 0 spiro atoms. The Kier molecular flexibility index (Phi) is 4.32. The summed E-state index contributed by atoms with van der Waals surface area (Å²) >= 11 is 8.08. The first-order chi connectivity index (χ1) is 9.76. The van der Waals surface area contributed by atoms with E-state index in [4.69, 9.17) is 11.6 Å². The molecule has 1 aliphatic carbocycles. The van der Waals surface area contributed by atoms with Gasteiger partial charge in [0.2, 0.25) is 5.28 Å². The van der Waals surface area contributed by atoms with Crippen molar-refractivity contribution in [1.82, 2.24) is 9.97 Å². The van der Waals surface area contributed by atoms with E-state index < -0.39 is 0 Å². The van der Waals surface area contributed by atoms with E-state index in [-0.39, 0.29) is 0 Å². The van der Waals surface area contributed by atoms with Gasteiger partial charge in [-0.2, -0.15) is 11.8 Å². The number of para-hydroxylation sites is 1. The Morgan fingerprint density at radius 2 is 2.15 bits per heavy atom. The van der Waals surface area contributed by atoms with Gasteiger partial charge in [-0.05, 0) is 48.7 Å². The first-order valence-corrected chi connectivity index (χ1v) is 8.49. The summed E-state index contributed by atoms with van der Waals surface area (Å²) in [5.41, 5.74) is 0.896. The lowest BCUT2D eigenvalue weighted by molar-refractivity contribution is 0.753. The largest absolute Gasteiger partial charge is 0.367 e. The van der Waals surface area contributed by atoms with E-state index in [1.54, 1.807) is 0 Å². The van der Waals surface area contributed by atoms with Crippen molar-refractivity contribution in [2.24, 2.45) is 0 Å². The van der Waals surface area contributed by atoms with Crippen LogP contribution in [0.15, 0.2) is 24.3 Å². The molecule has 0 radical (unpaired) electrons. The van der Waals surface area contributed by atoms with Crippen LogP contribution in [-0.4, -0.2) is 27.0 Å². The number of thioether (sulfide) groups is 1. The molecule has 1 saturated carbocycles. The lowest BCUT2D eigenvalue weighted by atomic mass is 10.2. The van der Waals surface area contributed by atoms with Crippen LogP contribution in [0.4, 0.5) is 5.82 Å². The highest BCUT2D eigenvalue weighted by atomic mass is 35.5. The molecule has 2 aromatic rings. The highest BCUT2D eigenvalue weighted by molar-refractivity contribution is 7.99. The summed E-state index contributed by atoms with van der Waals surface area (Å²) < 4.78 is 0. The van der Waals surface area contributed by atoms with Gasteiger partial charge >= 0.3 is 0 Å². The average molecular weight is 308 g/mol. The van der Waals surface area contributed by atoms with Gasteiger partial charge in [0.25, 0.3) is 0 Å². The molecule has 0 aliphatic heterocycles. The van der Waals surface area contributed by atoms with E-state index in [0.717, 1.165) is 22.0 Å². The van der Waals surface area contributed by atoms with Crippen molar-refractivity contribution in [1.29, 1.82) is 0 Å². The van der Waals surface area contributed by atoms with Gasteiger partial charge in [-0.3, -0.25) is 0 Å². The summed E-state index contributed by atoms with van der Waals surface area (Å²) in [4.78, 5) is 8.64. The molecule has 1 aliphatic rings. The molecule has 2 unspecified atom stereocenters. The van der Waals surface area contributed by atoms with E-state index in [2.05, 4.69) is 34.0 Å². The standard InChI is InChI=1S/C15H18ClN3S/c1-2-20-11-8-7-10(9-11)17-14-12-5-3-4-6-13(12)18-15(16)19-14/h3-6,10-11H,2,7-9H2,1H3,(H,17,18,19). The van der Waals surface area contributed by atoms with E-state index >= 15 is 0 Å². The molecule has 1 fully saturated rings. The number of nitrogens with zero attached hydrogens (tertiary/aromatic N) is 2. The van der Waals surface area contributed by atoms with Crippen molar-refractivity contribution in [3.63, 3.8) is 0 Å². The van der Waals surface area contributed by atoms with Gasteiger partial charge in [0.05, 0.1) is 5.52 Å². The Labute approximate surface area is 128 Å². The van der Waals surface area contributed by atoms with Gasteiger partial charge in [-0.1, -0.05) is 19.1 Å². The minimum absolute atomic E-state index is 0.309. The zero-order chi connectivity index (χ0) is 13.9. The third kappa shape index (κ3) is 3.01. The lowest BCUT2D eigenvalue weighted by Crippen LogP contribution is -2.17. The van der Waals surface area contributed by atoms with Gasteiger partial charge < -0.3 is 5.32 Å². The van der Waals surface area contributed by atoms with Crippen LogP contribution in [0.3, 0.4) is 0 Å². The summed E-state index contributed by atoms with van der Waals surface area (Å²) in [6.07, 6.45) is 3.69. The first-order valence-electron chi connectivity index (χ1n) is 7.06. The normalized spacial score (nSPS) is 22.3. The molecule has 1 aromatic carbocycles. The molecule has 106 valence electrons. The molecule has 20 heavy (non-hydrogen) atoms. The quantitative estimate of drug-likeness (QED) is 0.851. The van der Waals surface area contributed by atoms with Crippen LogP contribution in [0.25, 0.3) is 10.9 Å². The molecule has 3 nitrogen and oxygen atoms in total. The molecule has 0 bridgehead atoms. The van der Waals surface area contributed by atoms with E-state index in [9.17, 15) is 0 Å². The minimum atomic E-state index is 0.309. The Morgan fingerprint density at radius 1 is 1.30 bits per heavy atom. The molecule has 5 heteroatoms. The van der Waals surface area contributed by atoms with E-state index in [0.29, 0.717) is 11.3 Å². The highest BCUT2D eigenvalue weighted by Gasteiger charge is 2.25. The van der Waals surface area contributed by atoms with Crippen LogP contribution in [0.5, 0.6) is 0 Å². The number of anilines is 1. The van der Waals surface area contributed by atoms with Crippen molar-refractivity contribution >= 4 is 40.1 Å². The van der Waals surface area contributed by atoms with Crippen LogP contribution < -0.4 is 5.32 Å². The summed E-state index contributed by atoms with van der Waals surface area (Å²) in [5.74, 6) is 2.06. The second-order valence-corrected chi connectivity index (χ2v) is 7.01. The molecule has 0 saturated heterocycles. The first kappa shape index (κ1) is 14.0. The monoisotopic (exact) mass is 307 g/mol. The molecule has 3 rings (SSSR count). The molecule has 2 atom stereocenters. The van der Waals surface area contributed by atoms with Crippen molar-refractivity contribution in [3.8, 4) is 0 Å². The summed E-state index contributed by atoms with van der Waals surface area (Å²) in [5, 5.41) is 5.70. The summed E-state index contributed by atoms with van der Waals surface area (Å²) in [6.45, 7) is 2.23. The molecular weight excluding hydrogens is 290 g/mol. The Hall–Kier alpha value is -1.00. The number of benzene rings is 1. The Morgan fingerprint density at radius 3 is 3.00 bits per heavy atom. The topological polar surface area (TPSA) is 37.8 Å². The Balaban J connectivity index is 1.81. The fourth-order valence-electron chi connectivity index (χ4n) is 2.81. The molecule has 0 amide bonds. The lowest BCUT2D eigenvalue weighted by Gasteiger charge is -2.15. The maximum Gasteiger partial charge on any atom is 0.224 e. The van der Waals surface area contributed by atoms with E-state index in [1.165, 1.54) is 25.0 Å². The molecular formula is C15H18ClN3S. The third-order valence-corrected chi connectivity index (χ3v) is 5.11. The second kappa shape index (κ2) is 6.19. The van der Waals surface area contributed by atoms with Gasteiger partial charge in [-0.25, -0.2) is 9.97 Å². The number of fused-ring (bicyclic) bond motifs is 1. The van der Waals surface area contributed by atoms with Crippen LogP contribution in [0, 0.1) is 0 Å². The molecule has 1 N–H and O–H groups in total. The molecule has 1 heterocycles. The summed E-state index contributed by atoms with van der Waals surface area (Å²) in [7, 11) is 0. The third-order valence-electron chi connectivity index (χ3n) is 3.70. The number of hydrogen-bond donors (Lipinski definition) is 1. The summed E-state index contributed by atoms with van der Waals surface area (Å²) in [6, 6.07) is 8.49. The molecule has 1 aromatic heterocycles. The maximum atomic E-state index is 6.02. The van der Waals surface area contributed by atoms with Crippen LogP contribution in [-0.2, 0) is 0 Å². The van der Waals surface area contributed by atoms with Gasteiger partial charge in [0.15, 0.2) is 0 Å². The predicted molar refractivity (Wildman–Crippen MR) is 87.7 cm³/mol. The minimum Gasteiger partial charge on any atom is -0.367 e. The zero-order valence-electron chi connectivity index (χ0n) is 11.5. The van der Waals surface area contributed by atoms with Gasteiger partial charge in [0, 0.05) is 16.7 Å². The zero-order valence-corrected chi connectivity index (χ0v) is 13.0. The Bertz CT molecular complexity index is 605.